The smallest absolute Gasteiger partial charge is 0.193 e. The van der Waals surface area contributed by atoms with Crippen LogP contribution in [0.2, 0.25) is 0 Å². The predicted octanol–water partition coefficient (Wildman–Crippen LogP) is 2.46. The van der Waals surface area contributed by atoms with Crippen molar-refractivity contribution in [1.82, 2.24) is 0 Å². The molecule has 0 aromatic rings. The van der Waals surface area contributed by atoms with Crippen molar-refractivity contribution < 1.29 is 42.4 Å². The lowest BCUT2D eigenvalue weighted by Gasteiger charge is -2.63. The second-order valence-electron chi connectivity index (χ2n) is 11.5. The maximum Gasteiger partial charge on any atom is 0.193 e. The maximum absolute atomic E-state index is 17.2. The number of hydrogen-bond donors (Lipinski definition) is 2. The van der Waals surface area contributed by atoms with Crippen LogP contribution in [-0.4, -0.2) is 70.0 Å². The van der Waals surface area contributed by atoms with Crippen molar-refractivity contribution in [2.45, 2.75) is 87.6 Å². The van der Waals surface area contributed by atoms with Crippen LogP contribution in [0.5, 0.6) is 0 Å². The van der Waals surface area contributed by atoms with Gasteiger partial charge in [-0.1, -0.05) is 13.0 Å². The minimum Gasteiger partial charge on any atom is -0.390 e. The second-order valence-corrected chi connectivity index (χ2v) is 11.5. The van der Waals surface area contributed by atoms with Gasteiger partial charge >= 0.3 is 0 Å². The summed E-state index contributed by atoms with van der Waals surface area (Å²) in [4.78, 5) is 25.2. The van der Waals surface area contributed by atoms with E-state index >= 15 is 8.78 Å². The van der Waals surface area contributed by atoms with Gasteiger partial charge in [-0.3, -0.25) is 9.59 Å². The Bertz CT molecular complexity index is 1040. The van der Waals surface area contributed by atoms with Gasteiger partial charge in [-0.05, 0) is 62.7 Å². The lowest BCUT2D eigenvalue weighted by molar-refractivity contribution is -0.240. The van der Waals surface area contributed by atoms with Crippen LogP contribution in [0.15, 0.2) is 23.8 Å². The fourth-order valence-corrected chi connectivity index (χ4v) is 8.15. The van der Waals surface area contributed by atoms with E-state index in [9.17, 15) is 24.2 Å². The van der Waals surface area contributed by atoms with Crippen molar-refractivity contribution >= 4 is 11.6 Å². The third-order valence-corrected chi connectivity index (χ3v) is 10.1. The van der Waals surface area contributed by atoms with Gasteiger partial charge in [0.15, 0.2) is 34.8 Å². The summed E-state index contributed by atoms with van der Waals surface area (Å²) in [6.45, 7) is 2.30. The van der Waals surface area contributed by atoms with Gasteiger partial charge in [0.05, 0.1) is 12.2 Å². The summed E-state index contributed by atoms with van der Waals surface area (Å²) >= 11 is 0. The lowest BCUT2D eigenvalue weighted by Crippen LogP contribution is -2.71. The Morgan fingerprint density at radius 2 is 1.91 bits per heavy atom. The largest absolute Gasteiger partial charge is 0.390 e. The number of fused-ring (bicyclic) bond motifs is 7. The maximum atomic E-state index is 17.2. The molecule has 6 aliphatic rings. The molecule has 0 aromatic carbocycles. The highest BCUT2D eigenvalue weighted by atomic mass is 19.2. The minimum absolute atomic E-state index is 0.0152. The van der Waals surface area contributed by atoms with Crippen LogP contribution in [-0.2, 0) is 19.1 Å². The van der Waals surface area contributed by atoms with Crippen molar-refractivity contribution in [3.63, 3.8) is 0 Å². The van der Waals surface area contributed by atoms with E-state index in [0.717, 1.165) is 6.08 Å². The molecule has 10 atom stereocenters. The number of Topliss-reactive ketones (excluding diaryl/α,β-unsaturated/α-hetero) is 1. The number of halogens is 3. The Hall–Kier alpha value is -1.55. The van der Waals surface area contributed by atoms with Crippen molar-refractivity contribution in [3.8, 4) is 0 Å². The molecule has 34 heavy (non-hydrogen) atoms. The molecular weight excluding hydrogens is 453 g/mol. The molecule has 6 rings (SSSR count). The number of ketones is 2. The first-order valence-corrected chi connectivity index (χ1v) is 12.0. The van der Waals surface area contributed by atoms with Crippen LogP contribution in [0, 0.1) is 22.7 Å². The first-order chi connectivity index (χ1) is 15.9. The van der Waals surface area contributed by atoms with Gasteiger partial charge in [0, 0.05) is 16.7 Å². The first-order valence-electron chi connectivity index (χ1n) is 12.0. The molecule has 1 saturated heterocycles. The zero-order chi connectivity index (χ0) is 24.5. The van der Waals surface area contributed by atoms with E-state index in [1.165, 1.54) is 19.1 Å². The summed E-state index contributed by atoms with van der Waals surface area (Å²) in [6, 6.07) is 0. The SMILES string of the molecule is C[C@]12C=CC(=O)C=C1[C@@H](F)C[C@H]1[C@@H]3C[C@H]4O[C@@H](C5(F)CC5)O[C@@]4(C(=O)CO)[C@@]3(C)C[C@H](O)[C@@]12F. The summed E-state index contributed by atoms with van der Waals surface area (Å²) in [5.74, 6) is -2.78. The Morgan fingerprint density at radius 1 is 1.21 bits per heavy atom. The second kappa shape index (κ2) is 6.60. The van der Waals surface area contributed by atoms with Crippen LogP contribution >= 0.6 is 0 Å². The molecule has 1 aliphatic heterocycles. The van der Waals surface area contributed by atoms with Crippen LogP contribution in [0.3, 0.4) is 0 Å². The molecule has 0 aromatic heterocycles. The zero-order valence-corrected chi connectivity index (χ0v) is 19.1. The number of aliphatic hydroxyl groups is 2. The van der Waals surface area contributed by atoms with E-state index in [4.69, 9.17) is 9.47 Å². The quantitative estimate of drug-likeness (QED) is 0.642. The first kappa shape index (κ1) is 22.9. The lowest BCUT2D eigenvalue weighted by atomic mass is 9.44. The number of aliphatic hydroxyl groups excluding tert-OH is 2. The van der Waals surface area contributed by atoms with Gasteiger partial charge in [-0.25, -0.2) is 13.2 Å². The summed E-state index contributed by atoms with van der Waals surface area (Å²) in [5, 5.41) is 21.2. The van der Waals surface area contributed by atoms with Crippen LogP contribution in [0.1, 0.15) is 46.0 Å². The highest BCUT2D eigenvalue weighted by Crippen LogP contribution is 2.72. The number of rotatable bonds is 3. The Labute approximate surface area is 195 Å². The summed E-state index contributed by atoms with van der Waals surface area (Å²) in [5.41, 5.74) is -8.52. The topological polar surface area (TPSA) is 93.1 Å². The van der Waals surface area contributed by atoms with E-state index in [1.807, 2.05) is 0 Å². The van der Waals surface area contributed by atoms with Crippen LogP contribution < -0.4 is 0 Å². The summed E-state index contributed by atoms with van der Waals surface area (Å²) < 4.78 is 59.6. The third kappa shape index (κ3) is 2.38. The molecule has 2 N–H and O–H groups in total. The van der Waals surface area contributed by atoms with Gasteiger partial charge in [0.1, 0.15) is 12.8 Å². The number of carbonyl (C=O) groups is 2. The van der Waals surface area contributed by atoms with E-state index in [-0.39, 0.29) is 37.7 Å². The number of alkyl halides is 3. The van der Waals surface area contributed by atoms with E-state index in [1.54, 1.807) is 6.92 Å². The summed E-state index contributed by atoms with van der Waals surface area (Å²) in [7, 11) is 0. The highest BCUT2D eigenvalue weighted by molar-refractivity contribution is 6.01. The summed E-state index contributed by atoms with van der Waals surface area (Å²) in [6.07, 6.45) is -1.70. The Kier molecular flexibility index (Phi) is 4.45. The number of carbonyl (C=O) groups excluding carboxylic acids is 2. The average molecular weight is 482 g/mol. The Balaban J connectivity index is 1.46. The van der Waals surface area contributed by atoms with Crippen LogP contribution in [0.4, 0.5) is 13.2 Å². The average Bonchev–Trinajstić information content (AvgIpc) is 3.33. The molecule has 0 amide bonds. The molecule has 0 spiro atoms. The molecule has 186 valence electrons. The van der Waals surface area contributed by atoms with E-state index in [0.29, 0.717) is 0 Å². The molecule has 5 aliphatic carbocycles. The number of ether oxygens (including phenoxy) is 2. The molecule has 9 heteroatoms. The van der Waals surface area contributed by atoms with E-state index in [2.05, 4.69) is 0 Å². The van der Waals surface area contributed by atoms with Gasteiger partial charge < -0.3 is 19.7 Å². The van der Waals surface area contributed by atoms with Gasteiger partial charge in [0.25, 0.3) is 0 Å². The molecule has 0 radical (unpaired) electrons. The normalized spacial score (nSPS) is 54.6. The standard InChI is InChI=1S/C25H29F3O6/c1-21-4-3-12(30)7-15(21)16(26)8-14-13-9-19-25(18(32)11-29,34-20(33-19)23(27)5-6-23)22(13,2)10-17(31)24(14,21)28/h3-4,7,13-14,16-17,19-20,29,31H,5-6,8-11H2,1-2H3/t13-,14-,16-,17-,19+,20+,21-,22-,24-,25+/m0/s1. The van der Waals surface area contributed by atoms with Crippen molar-refractivity contribution in [2.75, 3.05) is 6.61 Å². The fourth-order valence-electron chi connectivity index (χ4n) is 8.15. The molecule has 4 saturated carbocycles. The van der Waals surface area contributed by atoms with E-state index < -0.39 is 82.4 Å². The van der Waals surface area contributed by atoms with Gasteiger partial charge in [0.2, 0.25) is 0 Å². The monoisotopic (exact) mass is 482 g/mol. The molecule has 0 unspecified atom stereocenters. The number of hydrogen-bond acceptors (Lipinski definition) is 6. The van der Waals surface area contributed by atoms with Gasteiger partial charge in [-0.15, -0.1) is 0 Å². The van der Waals surface area contributed by atoms with Crippen molar-refractivity contribution in [3.05, 3.63) is 23.8 Å². The Morgan fingerprint density at radius 3 is 2.56 bits per heavy atom. The minimum atomic E-state index is -2.30. The molecule has 6 nitrogen and oxygen atoms in total. The molecule has 1 heterocycles. The third-order valence-electron chi connectivity index (χ3n) is 10.1. The number of allylic oxidation sites excluding steroid dienone is 4. The molecular formula is C25H29F3O6. The molecule has 5 fully saturated rings. The van der Waals surface area contributed by atoms with Crippen molar-refractivity contribution in [1.29, 1.82) is 0 Å². The zero-order valence-electron chi connectivity index (χ0n) is 19.1. The fraction of sp³-hybridized carbons (Fsp3) is 0.760. The molecule has 0 bridgehead atoms. The predicted molar refractivity (Wildman–Crippen MR) is 112 cm³/mol. The van der Waals surface area contributed by atoms with Gasteiger partial charge in [-0.2, -0.15) is 0 Å². The van der Waals surface area contributed by atoms with Crippen molar-refractivity contribution in [2.24, 2.45) is 22.7 Å². The highest BCUT2D eigenvalue weighted by Gasteiger charge is 2.81. The van der Waals surface area contributed by atoms with Crippen LogP contribution in [0.25, 0.3) is 0 Å².